The van der Waals surface area contributed by atoms with Crippen LogP contribution in [0.15, 0.2) is 109 Å². The molecule has 0 unspecified atom stereocenters. The van der Waals surface area contributed by atoms with Crippen molar-refractivity contribution in [3.63, 3.8) is 0 Å². The fourth-order valence-electron chi connectivity index (χ4n) is 2.93. The molecular formula is C28H26. The second-order valence-corrected chi connectivity index (χ2v) is 6.75. The quantitative estimate of drug-likeness (QED) is 0.369. The van der Waals surface area contributed by atoms with Gasteiger partial charge in [-0.15, -0.1) is 11.5 Å². The van der Waals surface area contributed by atoms with Crippen LogP contribution in [0.1, 0.15) is 35.1 Å². The zero-order valence-corrected chi connectivity index (χ0v) is 16.2. The van der Waals surface area contributed by atoms with E-state index in [0.29, 0.717) is 0 Å². The summed E-state index contributed by atoms with van der Waals surface area (Å²) in [7, 11) is 0. The molecule has 0 heterocycles. The summed E-state index contributed by atoms with van der Waals surface area (Å²) in [4.78, 5) is 0. The molecule has 0 spiro atoms. The third-order valence-electron chi connectivity index (χ3n) is 4.51. The summed E-state index contributed by atoms with van der Waals surface area (Å²) in [6, 6.07) is 29.6. The molecule has 0 amide bonds. The van der Waals surface area contributed by atoms with Crippen molar-refractivity contribution in [3.8, 4) is 0 Å². The Hall–Kier alpha value is -3.30. The molecule has 0 heteroatoms. The van der Waals surface area contributed by atoms with Crippen LogP contribution in [-0.4, -0.2) is 0 Å². The van der Waals surface area contributed by atoms with Crippen LogP contribution in [0, 0.1) is 0 Å². The van der Waals surface area contributed by atoms with Gasteiger partial charge in [0, 0.05) is 0 Å². The Labute approximate surface area is 168 Å². The first-order valence-electron chi connectivity index (χ1n) is 9.90. The van der Waals surface area contributed by atoms with Crippen molar-refractivity contribution in [3.05, 3.63) is 131 Å². The highest BCUT2D eigenvalue weighted by Gasteiger charge is 1.90. The molecule has 0 aliphatic carbocycles. The maximum Gasteiger partial charge on any atom is -0.0131 e. The number of hydrogen-bond donors (Lipinski definition) is 0. The second-order valence-electron chi connectivity index (χ2n) is 6.75. The predicted octanol–water partition coefficient (Wildman–Crippen LogP) is 7.29. The van der Waals surface area contributed by atoms with Gasteiger partial charge in [0.2, 0.25) is 0 Å². The van der Waals surface area contributed by atoms with Gasteiger partial charge in [0.25, 0.3) is 0 Å². The molecule has 0 aromatic heterocycles. The van der Waals surface area contributed by atoms with Crippen LogP contribution in [0.5, 0.6) is 0 Å². The van der Waals surface area contributed by atoms with E-state index in [4.69, 9.17) is 0 Å². The first kappa shape index (κ1) is 19.5. The van der Waals surface area contributed by atoms with E-state index in [1.54, 1.807) is 0 Å². The first-order valence-corrected chi connectivity index (χ1v) is 9.90. The molecule has 0 fully saturated rings. The number of hydrogen-bond acceptors (Lipinski definition) is 0. The zero-order valence-electron chi connectivity index (χ0n) is 16.2. The Bertz CT molecular complexity index is 865. The van der Waals surface area contributed by atoms with E-state index in [-0.39, 0.29) is 0 Å². The number of benzene rings is 3. The largest absolute Gasteiger partial charge is 0.125 e. The molecule has 0 radical (unpaired) electrons. The van der Waals surface area contributed by atoms with Crippen LogP contribution in [0.3, 0.4) is 0 Å². The highest BCUT2D eigenvalue weighted by Crippen LogP contribution is 2.08. The fourth-order valence-corrected chi connectivity index (χ4v) is 2.93. The minimum Gasteiger partial charge on any atom is -0.125 e. The van der Waals surface area contributed by atoms with E-state index < -0.39 is 0 Å². The van der Waals surface area contributed by atoms with E-state index in [1.165, 1.54) is 22.3 Å². The van der Waals surface area contributed by atoms with Crippen molar-refractivity contribution in [2.75, 3.05) is 0 Å². The van der Waals surface area contributed by atoms with Gasteiger partial charge in [-0.2, -0.15) is 0 Å². The summed E-state index contributed by atoms with van der Waals surface area (Å²) in [6.07, 6.45) is 12.4. The normalized spacial score (nSPS) is 9.71. The summed E-state index contributed by atoms with van der Waals surface area (Å²) >= 11 is 0. The van der Waals surface area contributed by atoms with Crippen LogP contribution < -0.4 is 0 Å². The van der Waals surface area contributed by atoms with E-state index in [9.17, 15) is 0 Å². The van der Waals surface area contributed by atoms with Gasteiger partial charge in [0.15, 0.2) is 0 Å². The average Bonchev–Trinajstić information content (AvgIpc) is 2.76. The minimum absolute atomic E-state index is 1.01. The van der Waals surface area contributed by atoms with Crippen molar-refractivity contribution < 1.29 is 0 Å². The Balaban J connectivity index is 1.44. The molecule has 0 aliphatic heterocycles. The fraction of sp³-hybridized carbons (Fsp3) is 0.143. The van der Waals surface area contributed by atoms with Crippen molar-refractivity contribution in [2.24, 2.45) is 0 Å². The SMILES string of the molecule is C(=CCCc1ccccc1)=Cc1ccc(C=C=CCCc2ccccc2)cc1. The molecule has 0 atom stereocenters. The lowest BCUT2D eigenvalue weighted by Gasteiger charge is -1.96. The number of aryl methyl sites for hydroxylation is 2. The molecule has 0 saturated heterocycles. The molecule has 0 aliphatic rings. The van der Waals surface area contributed by atoms with E-state index in [1.807, 2.05) is 12.2 Å². The molecule has 138 valence electrons. The molecule has 3 aromatic rings. The molecule has 3 rings (SSSR count). The zero-order chi connectivity index (χ0) is 19.3. The Kier molecular flexibility index (Phi) is 7.94. The molecule has 3 aromatic carbocycles. The van der Waals surface area contributed by atoms with E-state index in [0.717, 1.165) is 25.7 Å². The van der Waals surface area contributed by atoms with Crippen molar-refractivity contribution in [1.82, 2.24) is 0 Å². The number of allylic oxidation sites excluding steroid dienone is 2. The van der Waals surface area contributed by atoms with Crippen molar-refractivity contribution >= 4 is 12.2 Å². The van der Waals surface area contributed by atoms with Gasteiger partial charge in [-0.05, 0) is 72.2 Å². The summed E-state index contributed by atoms with van der Waals surface area (Å²) in [6.45, 7) is 0. The number of rotatable bonds is 8. The Morgan fingerprint density at radius 2 is 0.893 bits per heavy atom. The first-order chi connectivity index (χ1) is 13.9. The van der Waals surface area contributed by atoms with Crippen LogP contribution in [-0.2, 0) is 12.8 Å². The van der Waals surface area contributed by atoms with Gasteiger partial charge < -0.3 is 0 Å². The summed E-state index contributed by atoms with van der Waals surface area (Å²) in [5.41, 5.74) is 11.6. The molecular weight excluding hydrogens is 336 g/mol. The second kappa shape index (κ2) is 11.4. The lowest BCUT2D eigenvalue weighted by Crippen LogP contribution is -1.80. The standard InChI is InChI=1S/C28H26/c1-5-13-25(14-6-1)17-9-3-11-19-27-21-23-28(24-22-27)20-12-4-10-18-26-15-7-2-8-16-26/h1-8,13-16,19-24H,9-10,17-18H2. The molecule has 28 heavy (non-hydrogen) atoms. The summed E-state index contributed by atoms with van der Waals surface area (Å²) in [5.74, 6) is 0. The van der Waals surface area contributed by atoms with Crippen LogP contribution >= 0.6 is 0 Å². The van der Waals surface area contributed by atoms with Crippen molar-refractivity contribution in [1.29, 1.82) is 0 Å². The highest BCUT2D eigenvalue weighted by molar-refractivity contribution is 5.55. The molecule has 0 bridgehead atoms. The van der Waals surface area contributed by atoms with E-state index in [2.05, 4.69) is 109 Å². The van der Waals surface area contributed by atoms with Gasteiger partial charge in [-0.3, -0.25) is 0 Å². The lowest BCUT2D eigenvalue weighted by atomic mass is 10.1. The molecule has 0 nitrogen and oxygen atoms in total. The third kappa shape index (κ3) is 7.14. The maximum absolute atomic E-state index is 3.28. The highest BCUT2D eigenvalue weighted by atomic mass is 13.9. The van der Waals surface area contributed by atoms with Gasteiger partial charge in [0.05, 0.1) is 0 Å². The smallest absolute Gasteiger partial charge is 0.0131 e. The van der Waals surface area contributed by atoms with Gasteiger partial charge in [-0.25, -0.2) is 0 Å². The summed E-state index contributed by atoms with van der Waals surface area (Å²) < 4.78 is 0. The Morgan fingerprint density at radius 1 is 0.500 bits per heavy atom. The third-order valence-corrected chi connectivity index (χ3v) is 4.51. The van der Waals surface area contributed by atoms with Crippen LogP contribution in [0.25, 0.3) is 12.2 Å². The van der Waals surface area contributed by atoms with Crippen LogP contribution in [0.2, 0.25) is 0 Å². The summed E-state index contributed by atoms with van der Waals surface area (Å²) in [5, 5.41) is 0. The monoisotopic (exact) mass is 362 g/mol. The van der Waals surface area contributed by atoms with Crippen molar-refractivity contribution in [2.45, 2.75) is 25.7 Å². The van der Waals surface area contributed by atoms with Crippen LogP contribution in [0.4, 0.5) is 0 Å². The maximum atomic E-state index is 3.28. The van der Waals surface area contributed by atoms with Gasteiger partial charge in [-0.1, -0.05) is 84.9 Å². The Morgan fingerprint density at radius 3 is 1.29 bits per heavy atom. The van der Waals surface area contributed by atoms with Gasteiger partial charge in [0.1, 0.15) is 0 Å². The molecule has 0 N–H and O–H groups in total. The predicted molar refractivity (Wildman–Crippen MR) is 121 cm³/mol. The molecule has 0 saturated carbocycles. The average molecular weight is 363 g/mol. The lowest BCUT2D eigenvalue weighted by molar-refractivity contribution is 1.00. The topological polar surface area (TPSA) is 0 Å². The van der Waals surface area contributed by atoms with E-state index >= 15 is 0 Å². The minimum atomic E-state index is 1.01. The van der Waals surface area contributed by atoms with Gasteiger partial charge >= 0.3 is 0 Å².